The van der Waals surface area contributed by atoms with Gasteiger partial charge in [0.05, 0.1) is 0 Å². The lowest BCUT2D eigenvalue weighted by molar-refractivity contribution is -0.121. The summed E-state index contributed by atoms with van der Waals surface area (Å²) in [4.78, 5) is 11.2. The third-order valence-corrected chi connectivity index (χ3v) is 3.82. The normalized spacial score (nSPS) is 19.8. The third kappa shape index (κ3) is 2.71. The van der Waals surface area contributed by atoms with Crippen LogP contribution >= 0.6 is 15.9 Å². The van der Waals surface area contributed by atoms with Crippen LogP contribution in [0.25, 0.3) is 0 Å². The molecule has 0 heterocycles. The summed E-state index contributed by atoms with van der Waals surface area (Å²) in [6, 6.07) is 8.20. The molecule has 2 rings (SSSR count). The summed E-state index contributed by atoms with van der Waals surface area (Å²) in [5.74, 6) is 0.838. The van der Waals surface area contributed by atoms with Gasteiger partial charge >= 0.3 is 0 Å². The van der Waals surface area contributed by atoms with Crippen molar-refractivity contribution in [2.24, 2.45) is 11.7 Å². The minimum absolute atomic E-state index is 0.0607. The van der Waals surface area contributed by atoms with Crippen LogP contribution in [-0.4, -0.2) is 5.78 Å². The van der Waals surface area contributed by atoms with Crippen molar-refractivity contribution in [1.82, 2.24) is 0 Å². The zero-order valence-corrected chi connectivity index (χ0v) is 10.7. The second kappa shape index (κ2) is 5.11. The monoisotopic (exact) mass is 281 g/mol. The molecule has 3 heteroatoms. The Labute approximate surface area is 104 Å². The van der Waals surface area contributed by atoms with Crippen molar-refractivity contribution < 1.29 is 4.79 Å². The zero-order valence-electron chi connectivity index (χ0n) is 9.16. The van der Waals surface area contributed by atoms with Crippen molar-refractivity contribution >= 4 is 21.7 Å². The van der Waals surface area contributed by atoms with Crippen LogP contribution in [0.1, 0.15) is 37.3 Å². The smallest absolute Gasteiger partial charge is 0.132 e. The number of rotatable bonds is 2. The molecule has 0 aromatic heterocycles. The number of benzene rings is 1. The number of hydrogen-bond acceptors (Lipinski definition) is 2. The van der Waals surface area contributed by atoms with E-state index in [1.807, 2.05) is 12.1 Å². The van der Waals surface area contributed by atoms with Gasteiger partial charge in [0.15, 0.2) is 0 Å². The van der Waals surface area contributed by atoms with Crippen molar-refractivity contribution in [3.8, 4) is 0 Å². The van der Waals surface area contributed by atoms with Gasteiger partial charge in [-0.15, -0.1) is 0 Å². The van der Waals surface area contributed by atoms with E-state index in [9.17, 15) is 4.79 Å². The lowest BCUT2D eigenvalue weighted by Gasteiger charge is -2.27. The number of Topliss-reactive ketones (excluding diaryl/α,β-unsaturated/α-hetero) is 1. The Morgan fingerprint density at radius 2 is 2.00 bits per heavy atom. The van der Waals surface area contributed by atoms with E-state index in [0.717, 1.165) is 22.9 Å². The van der Waals surface area contributed by atoms with Gasteiger partial charge in [0.1, 0.15) is 5.78 Å². The van der Waals surface area contributed by atoms with E-state index in [1.165, 1.54) is 0 Å². The minimum atomic E-state index is 0.0607. The van der Waals surface area contributed by atoms with Crippen molar-refractivity contribution in [2.75, 3.05) is 0 Å². The standard InChI is InChI=1S/C13H16BrNO/c14-11-3-1-2-10(8-11)13(15)9-4-6-12(16)7-5-9/h1-3,8-9,13H,4-7,15H2. The molecule has 0 amide bonds. The highest BCUT2D eigenvalue weighted by Gasteiger charge is 2.24. The molecule has 0 spiro atoms. The fourth-order valence-corrected chi connectivity index (χ4v) is 2.72. The maximum Gasteiger partial charge on any atom is 0.132 e. The topological polar surface area (TPSA) is 43.1 Å². The lowest BCUT2D eigenvalue weighted by Crippen LogP contribution is -2.26. The van der Waals surface area contributed by atoms with Crippen LogP contribution in [0.4, 0.5) is 0 Å². The predicted molar refractivity (Wildman–Crippen MR) is 68.0 cm³/mol. The molecule has 16 heavy (non-hydrogen) atoms. The van der Waals surface area contributed by atoms with Crippen LogP contribution < -0.4 is 5.73 Å². The molecule has 86 valence electrons. The number of carbonyl (C=O) groups excluding carboxylic acids is 1. The molecule has 1 aromatic carbocycles. The summed E-state index contributed by atoms with van der Waals surface area (Å²) in [6.07, 6.45) is 3.28. The van der Waals surface area contributed by atoms with Crippen LogP contribution in [0.15, 0.2) is 28.7 Å². The highest BCUT2D eigenvalue weighted by molar-refractivity contribution is 9.10. The molecule has 1 fully saturated rings. The Balaban J connectivity index is 2.07. The fourth-order valence-electron chi connectivity index (χ4n) is 2.31. The van der Waals surface area contributed by atoms with E-state index in [2.05, 4.69) is 28.1 Å². The fraction of sp³-hybridized carbons (Fsp3) is 0.462. The Morgan fingerprint density at radius 1 is 1.31 bits per heavy atom. The molecule has 1 aliphatic carbocycles. The van der Waals surface area contributed by atoms with Gasteiger partial charge in [-0.25, -0.2) is 0 Å². The first-order valence-electron chi connectivity index (χ1n) is 5.69. The SMILES string of the molecule is NC(c1cccc(Br)c1)C1CCC(=O)CC1. The molecule has 1 atom stereocenters. The Kier molecular flexibility index (Phi) is 3.77. The third-order valence-electron chi connectivity index (χ3n) is 3.33. The summed E-state index contributed by atoms with van der Waals surface area (Å²) >= 11 is 3.45. The number of carbonyl (C=O) groups is 1. The van der Waals surface area contributed by atoms with Crippen LogP contribution in [-0.2, 0) is 4.79 Å². The first-order valence-corrected chi connectivity index (χ1v) is 6.49. The van der Waals surface area contributed by atoms with E-state index >= 15 is 0 Å². The van der Waals surface area contributed by atoms with E-state index in [1.54, 1.807) is 0 Å². The Bertz CT molecular complexity index is 381. The van der Waals surface area contributed by atoms with E-state index in [0.29, 0.717) is 24.5 Å². The van der Waals surface area contributed by atoms with E-state index in [4.69, 9.17) is 5.73 Å². The van der Waals surface area contributed by atoms with Gasteiger partial charge in [-0.05, 0) is 36.5 Å². The molecule has 0 bridgehead atoms. The molecular formula is C13H16BrNO. The van der Waals surface area contributed by atoms with Crippen LogP contribution in [0.5, 0.6) is 0 Å². The summed E-state index contributed by atoms with van der Waals surface area (Å²) in [5, 5.41) is 0. The summed E-state index contributed by atoms with van der Waals surface area (Å²) in [7, 11) is 0. The molecule has 1 aromatic rings. The first kappa shape index (κ1) is 11.8. The quantitative estimate of drug-likeness (QED) is 0.905. The maximum absolute atomic E-state index is 11.2. The number of halogens is 1. The minimum Gasteiger partial charge on any atom is -0.324 e. The molecule has 1 aliphatic rings. The van der Waals surface area contributed by atoms with Gasteiger partial charge in [0.25, 0.3) is 0 Å². The molecule has 1 saturated carbocycles. The highest BCUT2D eigenvalue weighted by atomic mass is 79.9. The molecule has 1 unspecified atom stereocenters. The summed E-state index contributed by atoms with van der Waals surface area (Å²) in [6.45, 7) is 0. The van der Waals surface area contributed by atoms with Crippen molar-refractivity contribution in [2.45, 2.75) is 31.7 Å². The van der Waals surface area contributed by atoms with E-state index in [-0.39, 0.29) is 6.04 Å². The zero-order chi connectivity index (χ0) is 11.5. The number of hydrogen-bond donors (Lipinski definition) is 1. The molecule has 0 saturated heterocycles. The Morgan fingerprint density at radius 3 is 2.62 bits per heavy atom. The van der Waals surface area contributed by atoms with E-state index < -0.39 is 0 Å². The van der Waals surface area contributed by atoms with Gasteiger partial charge in [-0.3, -0.25) is 4.79 Å². The van der Waals surface area contributed by atoms with Crippen LogP contribution in [0.2, 0.25) is 0 Å². The van der Waals surface area contributed by atoms with Gasteiger partial charge in [0, 0.05) is 23.4 Å². The predicted octanol–water partition coefficient (Wildman–Crippen LogP) is 3.21. The molecule has 2 N–H and O–H groups in total. The summed E-state index contributed by atoms with van der Waals surface area (Å²) in [5.41, 5.74) is 7.41. The van der Waals surface area contributed by atoms with Gasteiger partial charge in [-0.1, -0.05) is 28.1 Å². The molecule has 0 radical (unpaired) electrons. The van der Waals surface area contributed by atoms with Gasteiger partial charge in [-0.2, -0.15) is 0 Å². The number of ketones is 1. The number of nitrogens with two attached hydrogens (primary N) is 1. The molecular weight excluding hydrogens is 266 g/mol. The van der Waals surface area contributed by atoms with Crippen molar-refractivity contribution in [3.63, 3.8) is 0 Å². The maximum atomic E-state index is 11.2. The second-order valence-electron chi connectivity index (χ2n) is 4.46. The van der Waals surface area contributed by atoms with Gasteiger partial charge in [0.2, 0.25) is 0 Å². The molecule has 2 nitrogen and oxygen atoms in total. The largest absolute Gasteiger partial charge is 0.324 e. The average molecular weight is 282 g/mol. The summed E-state index contributed by atoms with van der Waals surface area (Å²) < 4.78 is 1.06. The van der Waals surface area contributed by atoms with Crippen LogP contribution in [0.3, 0.4) is 0 Å². The lowest BCUT2D eigenvalue weighted by atomic mass is 9.81. The molecule has 0 aliphatic heterocycles. The second-order valence-corrected chi connectivity index (χ2v) is 5.37. The first-order chi connectivity index (χ1) is 7.66. The van der Waals surface area contributed by atoms with Gasteiger partial charge < -0.3 is 5.73 Å². The highest BCUT2D eigenvalue weighted by Crippen LogP contribution is 2.32. The van der Waals surface area contributed by atoms with Crippen LogP contribution in [0, 0.1) is 5.92 Å². The Hall–Kier alpha value is -0.670. The van der Waals surface area contributed by atoms with Crippen molar-refractivity contribution in [1.29, 1.82) is 0 Å². The van der Waals surface area contributed by atoms with Crippen molar-refractivity contribution in [3.05, 3.63) is 34.3 Å². The average Bonchev–Trinajstić information content (AvgIpc) is 2.29.